The van der Waals surface area contributed by atoms with Crippen LogP contribution in [-0.4, -0.2) is 23.1 Å². The van der Waals surface area contributed by atoms with Crippen LogP contribution in [0.1, 0.15) is 5.56 Å². The van der Waals surface area contributed by atoms with E-state index in [1.54, 1.807) is 18.2 Å². The lowest BCUT2D eigenvalue weighted by atomic mass is 10.2. The van der Waals surface area contributed by atoms with Crippen molar-refractivity contribution in [3.05, 3.63) is 39.0 Å². The number of carbonyl (C=O) groups excluding carboxylic acids is 2. The lowest BCUT2D eigenvalue weighted by Gasteiger charge is -2.01. The molecule has 1 aromatic carbocycles. The van der Waals surface area contributed by atoms with Crippen LogP contribution >= 0.6 is 27.7 Å². The lowest BCUT2D eigenvalue weighted by molar-refractivity contribution is -0.121. The molecule has 1 aliphatic heterocycles. The molecule has 0 aromatic heterocycles. The van der Waals surface area contributed by atoms with E-state index in [9.17, 15) is 14.0 Å². The summed E-state index contributed by atoms with van der Waals surface area (Å²) in [5, 5.41) is -0.303. The Balaban J connectivity index is 2.34. The molecular formula is C11H7BrFNO2S. The summed E-state index contributed by atoms with van der Waals surface area (Å²) in [5.41, 5.74) is 0.664. The van der Waals surface area contributed by atoms with Gasteiger partial charge in [-0.1, -0.05) is 6.07 Å². The van der Waals surface area contributed by atoms with Crippen LogP contribution in [0.4, 0.5) is 9.18 Å². The number of nitrogens with zero attached hydrogens (tertiary/aromatic N) is 1. The van der Waals surface area contributed by atoms with Crippen molar-refractivity contribution in [3.8, 4) is 0 Å². The average molecular weight is 316 g/mol. The number of carbonyl (C=O) groups is 2. The van der Waals surface area contributed by atoms with E-state index in [1.165, 1.54) is 13.1 Å². The highest BCUT2D eigenvalue weighted by molar-refractivity contribution is 9.10. The summed E-state index contributed by atoms with van der Waals surface area (Å²) in [5.74, 6) is -0.703. The molecule has 0 aliphatic carbocycles. The van der Waals surface area contributed by atoms with Crippen LogP contribution in [0.2, 0.25) is 0 Å². The fourth-order valence-corrected chi connectivity index (χ4v) is 2.52. The first-order valence-corrected chi connectivity index (χ1v) is 6.26. The Bertz CT molecular complexity index is 544. The third kappa shape index (κ3) is 2.42. The Morgan fingerprint density at radius 1 is 1.41 bits per heavy atom. The minimum absolute atomic E-state index is 0.303. The predicted molar refractivity (Wildman–Crippen MR) is 67.8 cm³/mol. The van der Waals surface area contributed by atoms with Crippen LogP contribution in [-0.2, 0) is 4.79 Å². The van der Waals surface area contributed by atoms with Gasteiger partial charge in [-0.3, -0.25) is 14.5 Å². The third-order valence-electron chi connectivity index (χ3n) is 2.23. The Kier molecular flexibility index (Phi) is 3.35. The van der Waals surface area contributed by atoms with Gasteiger partial charge in [0.15, 0.2) is 0 Å². The topological polar surface area (TPSA) is 37.4 Å². The van der Waals surface area contributed by atoms with E-state index >= 15 is 0 Å². The van der Waals surface area contributed by atoms with Crippen molar-refractivity contribution in [1.29, 1.82) is 0 Å². The predicted octanol–water partition coefficient (Wildman–Crippen LogP) is 3.25. The summed E-state index contributed by atoms with van der Waals surface area (Å²) < 4.78 is 13.3. The zero-order valence-corrected chi connectivity index (χ0v) is 11.1. The number of imide groups is 1. The molecule has 17 heavy (non-hydrogen) atoms. The number of amides is 2. The van der Waals surface area contributed by atoms with Gasteiger partial charge in [0.25, 0.3) is 11.1 Å². The van der Waals surface area contributed by atoms with Crippen molar-refractivity contribution in [2.45, 2.75) is 0 Å². The summed E-state index contributed by atoms with van der Waals surface area (Å²) in [6.45, 7) is 0. The van der Waals surface area contributed by atoms with Gasteiger partial charge in [0, 0.05) is 7.05 Å². The molecule has 2 rings (SSSR count). The monoisotopic (exact) mass is 315 g/mol. The molecule has 0 spiro atoms. The quantitative estimate of drug-likeness (QED) is 0.746. The number of halogens is 2. The number of thioether (sulfide) groups is 1. The van der Waals surface area contributed by atoms with E-state index < -0.39 is 0 Å². The van der Waals surface area contributed by atoms with Crippen molar-refractivity contribution >= 4 is 44.9 Å². The minimum Gasteiger partial charge on any atom is -0.272 e. The fourth-order valence-electron chi connectivity index (χ4n) is 1.30. The lowest BCUT2D eigenvalue weighted by Crippen LogP contribution is -2.22. The van der Waals surface area contributed by atoms with Crippen molar-refractivity contribution < 1.29 is 14.0 Å². The molecule has 6 heteroatoms. The van der Waals surface area contributed by atoms with Gasteiger partial charge in [0.05, 0.1) is 9.38 Å². The molecule has 1 heterocycles. The number of rotatable bonds is 1. The van der Waals surface area contributed by atoms with Gasteiger partial charge in [0.2, 0.25) is 0 Å². The molecule has 0 unspecified atom stereocenters. The van der Waals surface area contributed by atoms with Crippen molar-refractivity contribution in [2.24, 2.45) is 0 Å². The number of hydrogen-bond acceptors (Lipinski definition) is 3. The van der Waals surface area contributed by atoms with E-state index in [0.29, 0.717) is 14.9 Å². The van der Waals surface area contributed by atoms with E-state index in [4.69, 9.17) is 0 Å². The van der Waals surface area contributed by atoms with E-state index in [-0.39, 0.29) is 17.0 Å². The number of benzene rings is 1. The second kappa shape index (κ2) is 4.62. The van der Waals surface area contributed by atoms with Gasteiger partial charge >= 0.3 is 0 Å². The number of likely N-dealkylation sites (N-methyl/N-ethyl adjacent to an activating group) is 1. The highest BCUT2D eigenvalue weighted by Gasteiger charge is 2.31. The summed E-state index contributed by atoms with van der Waals surface area (Å²) in [6, 6.07) is 4.40. The first-order chi connectivity index (χ1) is 7.99. The molecule has 0 atom stereocenters. The van der Waals surface area contributed by atoms with Gasteiger partial charge in [-0.15, -0.1) is 0 Å². The molecule has 3 nitrogen and oxygen atoms in total. The second-order valence-corrected chi connectivity index (χ2v) is 5.26. The second-order valence-electron chi connectivity index (χ2n) is 3.41. The van der Waals surface area contributed by atoms with Gasteiger partial charge in [-0.2, -0.15) is 0 Å². The van der Waals surface area contributed by atoms with Gasteiger partial charge < -0.3 is 0 Å². The van der Waals surface area contributed by atoms with Crippen LogP contribution in [0.3, 0.4) is 0 Å². The molecule has 1 aromatic rings. The summed E-state index contributed by atoms with van der Waals surface area (Å²) in [7, 11) is 1.43. The summed E-state index contributed by atoms with van der Waals surface area (Å²) in [4.78, 5) is 24.3. The van der Waals surface area contributed by atoms with Crippen LogP contribution in [0, 0.1) is 5.82 Å². The Morgan fingerprint density at radius 2 is 2.12 bits per heavy atom. The molecule has 0 bridgehead atoms. The largest absolute Gasteiger partial charge is 0.293 e. The molecule has 88 valence electrons. The Labute approximate surface area is 110 Å². The maximum atomic E-state index is 13.0. The molecular weight excluding hydrogens is 309 g/mol. The first-order valence-electron chi connectivity index (χ1n) is 4.65. The average Bonchev–Trinajstić information content (AvgIpc) is 2.52. The molecule has 0 radical (unpaired) electrons. The standard InChI is InChI=1S/C11H7BrFNO2S/c1-14-10(15)9(17-11(14)16)5-6-2-3-8(13)7(12)4-6/h2-5H,1H3/b9-5+. The van der Waals surface area contributed by atoms with E-state index in [2.05, 4.69) is 15.9 Å². The van der Waals surface area contributed by atoms with Crippen LogP contribution in [0.5, 0.6) is 0 Å². The maximum absolute atomic E-state index is 13.0. The highest BCUT2D eigenvalue weighted by Crippen LogP contribution is 2.31. The van der Waals surface area contributed by atoms with Crippen molar-refractivity contribution in [2.75, 3.05) is 7.05 Å². The van der Waals surface area contributed by atoms with Gasteiger partial charge in [-0.25, -0.2) is 4.39 Å². The van der Waals surface area contributed by atoms with Gasteiger partial charge in [0.1, 0.15) is 5.82 Å². The molecule has 0 saturated carbocycles. The molecule has 0 N–H and O–H groups in total. The Hall–Kier alpha value is -1.14. The van der Waals surface area contributed by atoms with E-state index in [0.717, 1.165) is 16.7 Å². The van der Waals surface area contributed by atoms with Gasteiger partial charge in [-0.05, 0) is 51.5 Å². The third-order valence-corrected chi connectivity index (χ3v) is 3.80. The smallest absolute Gasteiger partial charge is 0.272 e. The SMILES string of the molecule is CN1C(=O)S/C(=C/c2ccc(F)c(Br)c2)C1=O. The summed E-state index contributed by atoms with van der Waals surface area (Å²) >= 11 is 3.94. The van der Waals surface area contributed by atoms with Crippen LogP contribution in [0.25, 0.3) is 6.08 Å². The minimum atomic E-state index is -0.370. The molecule has 2 amide bonds. The van der Waals surface area contributed by atoms with Crippen LogP contribution in [0.15, 0.2) is 27.6 Å². The molecule has 1 aliphatic rings. The first kappa shape index (κ1) is 12.3. The zero-order chi connectivity index (χ0) is 12.6. The van der Waals surface area contributed by atoms with E-state index in [1.807, 2.05) is 0 Å². The fraction of sp³-hybridized carbons (Fsp3) is 0.0909. The van der Waals surface area contributed by atoms with Crippen molar-refractivity contribution in [1.82, 2.24) is 4.90 Å². The highest BCUT2D eigenvalue weighted by atomic mass is 79.9. The maximum Gasteiger partial charge on any atom is 0.293 e. The van der Waals surface area contributed by atoms with Crippen molar-refractivity contribution in [3.63, 3.8) is 0 Å². The zero-order valence-electron chi connectivity index (χ0n) is 8.74. The van der Waals surface area contributed by atoms with Crippen LogP contribution < -0.4 is 0 Å². The molecule has 1 fully saturated rings. The number of hydrogen-bond donors (Lipinski definition) is 0. The molecule has 1 saturated heterocycles. The Morgan fingerprint density at radius 3 is 2.65 bits per heavy atom. The summed E-state index contributed by atoms with van der Waals surface area (Å²) in [6.07, 6.45) is 1.57. The normalized spacial score (nSPS) is 18.3.